The highest BCUT2D eigenvalue weighted by molar-refractivity contribution is 7.79. The maximum atomic E-state index is 7.37. The van der Waals surface area contributed by atoms with Gasteiger partial charge in [0.15, 0.2) is 0 Å². The second-order valence-electron chi connectivity index (χ2n) is 19.6. The SMILES string of the molecule is C=CCOc1ccc(OP2(Oc3ccc(OCC=C)cc3)=NP(Oc3ccc(OCC=C)cc3)(Oc3ccc(OCC=C)cc3)=NP(Oc3ccc(OCC=C)cc3)(Oc3ccc(OCC=C)cc3)=NP(Oc3ccc(OCC=C)cc3)(Oc3ccc(OCC=C)cc3)=N2)cc1. The first-order valence-electron chi connectivity index (χ1n) is 29.7. The van der Waals surface area contributed by atoms with E-state index >= 15 is 0 Å². The predicted molar refractivity (Wildman–Crippen MR) is 379 cm³/mol. The van der Waals surface area contributed by atoms with Gasteiger partial charge in [-0.15, -0.1) is 0 Å². The zero-order valence-electron chi connectivity index (χ0n) is 52.5. The first-order valence-corrected chi connectivity index (χ1v) is 35.9. The molecule has 0 aliphatic carbocycles. The molecular formula is C72H72N4O16P4. The summed E-state index contributed by atoms with van der Waals surface area (Å²) in [5.41, 5.74) is 0. The van der Waals surface area contributed by atoms with E-state index < -0.39 is 30.6 Å². The lowest BCUT2D eigenvalue weighted by atomic mass is 10.3. The van der Waals surface area contributed by atoms with Gasteiger partial charge < -0.3 is 74.1 Å². The summed E-state index contributed by atoms with van der Waals surface area (Å²) in [6, 6.07) is 53.6. The quantitative estimate of drug-likeness (QED) is 0.0259. The third-order valence-corrected chi connectivity index (χ3v) is 23.1. The molecule has 0 aromatic heterocycles. The summed E-state index contributed by atoms with van der Waals surface area (Å²) in [4.78, 5) is 0. The van der Waals surface area contributed by atoms with Gasteiger partial charge in [0.05, 0.1) is 0 Å². The van der Waals surface area contributed by atoms with Crippen molar-refractivity contribution in [2.45, 2.75) is 0 Å². The van der Waals surface area contributed by atoms with Crippen LogP contribution < -0.4 is 74.1 Å². The zero-order valence-corrected chi connectivity index (χ0v) is 56.1. The summed E-state index contributed by atoms with van der Waals surface area (Å²) < 4.78 is 129. The van der Waals surface area contributed by atoms with Crippen LogP contribution in [0.3, 0.4) is 0 Å². The monoisotopic (exact) mass is 1370 g/mol. The summed E-state index contributed by atoms with van der Waals surface area (Å²) in [6.45, 7) is 32.3. The summed E-state index contributed by atoms with van der Waals surface area (Å²) >= 11 is 0. The molecule has 24 heteroatoms. The van der Waals surface area contributed by atoms with E-state index in [-0.39, 0.29) is 98.9 Å². The molecule has 8 aromatic rings. The van der Waals surface area contributed by atoms with E-state index in [4.69, 9.17) is 92.1 Å². The van der Waals surface area contributed by atoms with Gasteiger partial charge in [0.2, 0.25) is 0 Å². The molecule has 20 nitrogen and oxygen atoms in total. The van der Waals surface area contributed by atoms with Gasteiger partial charge in [-0.05, 0) is 194 Å². The van der Waals surface area contributed by atoms with E-state index in [0.717, 1.165) is 0 Å². The van der Waals surface area contributed by atoms with Gasteiger partial charge in [-0.1, -0.05) is 119 Å². The lowest BCUT2D eigenvalue weighted by Crippen LogP contribution is -2.11. The zero-order chi connectivity index (χ0) is 67.3. The first kappa shape index (κ1) is 69.7. The molecule has 0 spiro atoms. The van der Waals surface area contributed by atoms with Gasteiger partial charge >= 0.3 is 30.6 Å². The normalized spacial score (nSPS) is 13.5. The standard InChI is InChI=1S/C72H72N4O16P4/c1-9-49-77-57-17-33-65(34-18-57)85-93(86-66-35-19-58(20-36-66)78-50-10-2)73-94(87-67-37-21-59(22-38-67)79-51-11-3,88-68-39-23-60(24-40-68)80-52-12-4)75-96(91-71-45-29-63(30-46-71)83-55-15-7,92-72-47-31-64(32-48-72)84-56-16-8)76-95(74-93,89-69-41-25-61(26-42-69)81-53-13-5)90-70-43-27-62(28-44-70)82-54-14-6/h9-48H,1-8,49-56H2. The second-order valence-corrected chi connectivity index (χ2v) is 27.9. The molecule has 496 valence electrons. The Labute approximate surface area is 560 Å². The topological polar surface area (TPSA) is 197 Å². The average molecular weight is 1370 g/mol. The highest BCUT2D eigenvalue weighted by Gasteiger charge is 2.50. The van der Waals surface area contributed by atoms with Crippen LogP contribution in [0.4, 0.5) is 0 Å². The van der Waals surface area contributed by atoms with Crippen molar-refractivity contribution in [1.82, 2.24) is 0 Å². The Hall–Kier alpha value is -10.6. The number of hydrogen-bond acceptors (Lipinski definition) is 20. The van der Waals surface area contributed by atoms with Gasteiger partial charge in [-0.2, -0.15) is 0 Å². The minimum atomic E-state index is -4.86. The van der Waals surface area contributed by atoms with Gasteiger partial charge in [0.1, 0.15) is 145 Å². The smallest absolute Gasteiger partial charge is 0.460 e. The Bertz CT molecular complexity index is 3350. The van der Waals surface area contributed by atoms with E-state index in [1.165, 1.54) is 0 Å². The van der Waals surface area contributed by atoms with Crippen molar-refractivity contribution in [1.29, 1.82) is 0 Å². The predicted octanol–water partition coefficient (Wildman–Crippen LogP) is 20.9. The molecule has 0 saturated heterocycles. The van der Waals surface area contributed by atoms with Crippen LogP contribution in [-0.4, -0.2) is 52.9 Å². The summed E-state index contributed by atoms with van der Waals surface area (Å²) in [5, 5.41) is 0. The van der Waals surface area contributed by atoms with Crippen LogP contribution in [0.25, 0.3) is 0 Å². The molecular weight excluding hydrogens is 1300 g/mol. The van der Waals surface area contributed by atoms with Crippen LogP contribution in [0.5, 0.6) is 92.0 Å². The van der Waals surface area contributed by atoms with Crippen LogP contribution >= 0.6 is 30.6 Å². The average Bonchev–Trinajstić information content (AvgIpc) is 0.732. The van der Waals surface area contributed by atoms with Crippen molar-refractivity contribution in [2.24, 2.45) is 18.1 Å². The van der Waals surface area contributed by atoms with E-state index in [1.807, 2.05) is 0 Å². The van der Waals surface area contributed by atoms with E-state index in [2.05, 4.69) is 52.6 Å². The van der Waals surface area contributed by atoms with Crippen LogP contribution in [0, 0.1) is 0 Å². The van der Waals surface area contributed by atoms with Crippen molar-refractivity contribution in [2.75, 3.05) is 52.9 Å². The lowest BCUT2D eigenvalue weighted by Gasteiger charge is -2.33. The van der Waals surface area contributed by atoms with Gasteiger partial charge in [0, 0.05) is 0 Å². The molecule has 0 saturated carbocycles. The fraction of sp³-hybridized carbons (Fsp3) is 0.111. The molecule has 1 aliphatic rings. The molecule has 0 radical (unpaired) electrons. The second kappa shape index (κ2) is 35.1. The maximum Gasteiger partial charge on any atom is 0.460 e. The van der Waals surface area contributed by atoms with E-state index in [9.17, 15) is 0 Å². The fourth-order valence-corrected chi connectivity index (χ4v) is 20.2. The molecule has 1 heterocycles. The number of rotatable bonds is 40. The van der Waals surface area contributed by atoms with Crippen LogP contribution in [-0.2, 0) is 0 Å². The van der Waals surface area contributed by atoms with Gasteiger partial charge in [0.25, 0.3) is 0 Å². The summed E-state index contributed by atoms with van der Waals surface area (Å²) in [7, 11) is -19.4. The number of hydrogen-bond donors (Lipinski definition) is 0. The first-order chi connectivity index (χ1) is 46.9. The summed E-state index contributed by atoms with van der Waals surface area (Å²) in [5.74, 6) is 5.05. The molecule has 96 heavy (non-hydrogen) atoms. The van der Waals surface area contributed by atoms with Crippen molar-refractivity contribution < 1.29 is 74.1 Å². The van der Waals surface area contributed by atoms with Crippen molar-refractivity contribution in [3.05, 3.63) is 295 Å². The Morgan fingerprint density at radius 3 is 0.365 bits per heavy atom. The molecule has 0 bridgehead atoms. The van der Waals surface area contributed by atoms with Gasteiger partial charge in [-0.25, -0.2) is 0 Å². The Morgan fingerprint density at radius 1 is 0.177 bits per heavy atom. The number of benzene rings is 8. The Balaban J connectivity index is 1.48. The van der Waals surface area contributed by atoms with E-state index in [1.54, 1.807) is 243 Å². The molecule has 0 fully saturated rings. The molecule has 1 aliphatic heterocycles. The number of nitrogens with zero attached hydrogens (tertiary/aromatic N) is 4. The van der Waals surface area contributed by atoms with Crippen molar-refractivity contribution >= 4 is 30.6 Å². The minimum absolute atomic E-state index is 0.149. The molecule has 0 atom stereocenters. The van der Waals surface area contributed by atoms with Crippen LogP contribution in [0.15, 0.2) is 313 Å². The number of ether oxygens (including phenoxy) is 8. The Morgan fingerprint density at radius 2 is 0.271 bits per heavy atom. The third-order valence-electron chi connectivity index (χ3n) is 12.2. The third kappa shape index (κ3) is 20.7. The van der Waals surface area contributed by atoms with Crippen LogP contribution in [0.2, 0.25) is 0 Å². The van der Waals surface area contributed by atoms with Gasteiger partial charge in [-0.3, -0.25) is 0 Å². The minimum Gasteiger partial charge on any atom is -0.490 e. The highest BCUT2D eigenvalue weighted by Crippen LogP contribution is 2.79. The Kier molecular flexibility index (Phi) is 25.5. The highest BCUT2D eigenvalue weighted by atomic mass is 31.3. The largest absolute Gasteiger partial charge is 0.490 e. The molecule has 0 N–H and O–H groups in total. The molecule has 0 unspecified atom stereocenters. The molecule has 8 aromatic carbocycles. The van der Waals surface area contributed by atoms with Crippen LogP contribution in [0.1, 0.15) is 0 Å². The molecule has 9 rings (SSSR count). The molecule has 0 amide bonds. The maximum absolute atomic E-state index is 7.37. The summed E-state index contributed by atoms with van der Waals surface area (Å²) in [6.07, 6.45) is 13.0. The van der Waals surface area contributed by atoms with Crippen molar-refractivity contribution in [3.63, 3.8) is 0 Å². The van der Waals surface area contributed by atoms with Crippen molar-refractivity contribution in [3.8, 4) is 92.0 Å². The lowest BCUT2D eigenvalue weighted by molar-refractivity contribution is 0.362. The fourth-order valence-electron chi connectivity index (χ4n) is 8.12. The van der Waals surface area contributed by atoms with E-state index in [0.29, 0.717) is 46.0 Å².